The van der Waals surface area contributed by atoms with Crippen molar-refractivity contribution in [3.05, 3.63) is 0 Å². The molecule has 0 saturated heterocycles. The van der Waals surface area contributed by atoms with Crippen molar-refractivity contribution in [2.75, 3.05) is 7.11 Å². The highest BCUT2D eigenvalue weighted by atomic mass is 16.7. The van der Waals surface area contributed by atoms with E-state index in [9.17, 15) is 0 Å². The first kappa shape index (κ1) is 9.92. The molecular formula is C8H18O2. The van der Waals surface area contributed by atoms with Gasteiger partial charge in [0.05, 0.1) is 6.10 Å². The van der Waals surface area contributed by atoms with Gasteiger partial charge in [0.25, 0.3) is 0 Å². The number of ether oxygens (including phenoxy) is 2. The molecule has 0 saturated carbocycles. The summed E-state index contributed by atoms with van der Waals surface area (Å²) < 4.78 is 10.4. The van der Waals surface area contributed by atoms with Crippen molar-refractivity contribution in [2.24, 2.45) is 0 Å². The summed E-state index contributed by atoms with van der Waals surface area (Å²) in [5, 5.41) is 0. The van der Waals surface area contributed by atoms with Crippen LogP contribution in [0, 0.1) is 0 Å². The van der Waals surface area contributed by atoms with E-state index in [0.717, 1.165) is 12.8 Å². The van der Waals surface area contributed by atoms with Gasteiger partial charge in [-0.25, -0.2) is 0 Å². The van der Waals surface area contributed by atoms with E-state index in [4.69, 9.17) is 9.47 Å². The number of methoxy groups -OCH3 is 1. The van der Waals surface area contributed by atoms with Crippen molar-refractivity contribution in [1.82, 2.24) is 0 Å². The van der Waals surface area contributed by atoms with Crippen LogP contribution in [0.2, 0.25) is 0 Å². The molecule has 0 rings (SSSR count). The average Bonchev–Trinajstić information content (AvgIpc) is 1.88. The highest BCUT2D eigenvalue weighted by Gasteiger charge is 2.04. The third-order valence-corrected chi connectivity index (χ3v) is 1.45. The monoisotopic (exact) mass is 146 g/mol. The lowest BCUT2D eigenvalue weighted by atomic mass is 10.2. The molecule has 0 fully saturated rings. The normalized spacial score (nSPS) is 16.8. The van der Waals surface area contributed by atoms with Crippen LogP contribution in [-0.2, 0) is 9.47 Å². The van der Waals surface area contributed by atoms with Crippen molar-refractivity contribution >= 4 is 0 Å². The summed E-state index contributed by atoms with van der Waals surface area (Å²) in [5.74, 6) is 0. The number of hydrogen-bond donors (Lipinski definition) is 0. The van der Waals surface area contributed by atoms with Crippen LogP contribution >= 0.6 is 0 Å². The zero-order chi connectivity index (χ0) is 7.98. The minimum absolute atomic E-state index is 0.0680. The smallest absolute Gasteiger partial charge is 0.154 e. The van der Waals surface area contributed by atoms with Gasteiger partial charge >= 0.3 is 0 Å². The molecule has 0 heterocycles. The van der Waals surface area contributed by atoms with Gasteiger partial charge in [-0.1, -0.05) is 13.3 Å². The fourth-order valence-corrected chi connectivity index (χ4v) is 0.857. The first-order valence-corrected chi connectivity index (χ1v) is 3.89. The predicted molar refractivity (Wildman–Crippen MR) is 41.9 cm³/mol. The zero-order valence-electron chi connectivity index (χ0n) is 7.39. The molecule has 2 heteroatoms. The van der Waals surface area contributed by atoms with Crippen LogP contribution in [-0.4, -0.2) is 19.5 Å². The van der Waals surface area contributed by atoms with Crippen LogP contribution in [0.1, 0.15) is 33.6 Å². The maximum Gasteiger partial charge on any atom is 0.154 e. The molecule has 0 aliphatic rings. The second-order valence-electron chi connectivity index (χ2n) is 2.54. The standard InChI is InChI=1S/C8H18O2/c1-5-6-7(2)10-8(3)9-4/h7-8H,5-6H2,1-4H3/t7?,8-/m1/s1. The lowest BCUT2D eigenvalue weighted by Gasteiger charge is -2.16. The van der Waals surface area contributed by atoms with Crippen molar-refractivity contribution < 1.29 is 9.47 Å². The summed E-state index contributed by atoms with van der Waals surface area (Å²) in [6, 6.07) is 0. The second-order valence-corrected chi connectivity index (χ2v) is 2.54. The maximum absolute atomic E-state index is 5.42. The summed E-state index contributed by atoms with van der Waals surface area (Å²) in [4.78, 5) is 0. The molecule has 62 valence electrons. The Morgan fingerprint density at radius 3 is 2.30 bits per heavy atom. The Morgan fingerprint density at radius 2 is 1.90 bits per heavy atom. The molecule has 0 aliphatic heterocycles. The average molecular weight is 146 g/mol. The van der Waals surface area contributed by atoms with Gasteiger partial charge in [0.2, 0.25) is 0 Å². The van der Waals surface area contributed by atoms with Gasteiger partial charge in [0, 0.05) is 7.11 Å². The quantitative estimate of drug-likeness (QED) is 0.553. The van der Waals surface area contributed by atoms with Crippen molar-refractivity contribution in [2.45, 2.75) is 46.0 Å². The minimum Gasteiger partial charge on any atom is -0.356 e. The van der Waals surface area contributed by atoms with Gasteiger partial charge in [-0.2, -0.15) is 0 Å². The molecule has 0 aromatic rings. The summed E-state index contributed by atoms with van der Waals surface area (Å²) in [5.41, 5.74) is 0. The van der Waals surface area contributed by atoms with Crippen LogP contribution in [0.15, 0.2) is 0 Å². The van der Waals surface area contributed by atoms with E-state index < -0.39 is 0 Å². The summed E-state index contributed by atoms with van der Waals surface area (Å²) in [6.07, 6.45) is 2.52. The highest BCUT2D eigenvalue weighted by Crippen LogP contribution is 2.04. The van der Waals surface area contributed by atoms with Gasteiger partial charge in [-0.3, -0.25) is 0 Å². The van der Waals surface area contributed by atoms with E-state index >= 15 is 0 Å². The van der Waals surface area contributed by atoms with Gasteiger partial charge in [-0.05, 0) is 20.3 Å². The highest BCUT2D eigenvalue weighted by molar-refractivity contribution is 4.47. The first-order chi connectivity index (χ1) is 4.70. The van der Waals surface area contributed by atoms with Gasteiger partial charge < -0.3 is 9.47 Å². The van der Waals surface area contributed by atoms with Crippen molar-refractivity contribution in [3.63, 3.8) is 0 Å². The molecule has 10 heavy (non-hydrogen) atoms. The predicted octanol–water partition coefficient (Wildman–Crippen LogP) is 2.18. The Morgan fingerprint density at radius 1 is 1.30 bits per heavy atom. The Bertz CT molecular complexity index is 73.7. The Kier molecular flexibility index (Phi) is 5.64. The topological polar surface area (TPSA) is 18.5 Å². The van der Waals surface area contributed by atoms with E-state index in [1.165, 1.54) is 0 Å². The second kappa shape index (κ2) is 5.69. The van der Waals surface area contributed by atoms with Crippen LogP contribution in [0.5, 0.6) is 0 Å². The summed E-state index contributed by atoms with van der Waals surface area (Å²) in [7, 11) is 1.66. The molecule has 1 unspecified atom stereocenters. The van der Waals surface area contributed by atoms with Crippen molar-refractivity contribution in [3.8, 4) is 0 Å². The SMILES string of the molecule is CCCC(C)O[C@H](C)OC. The molecule has 0 N–H and O–H groups in total. The first-order valence-electron chi connectivity index (χ1n) is 3.89. The zero-order valence-corrected chi connectivity index (χ0v) is 7.39. The van der Waals surface area contributed by atoms with Gasteiger partial charge in [0.1, 0.15) is 0 Å². The molecule has 0 bridgehead atoms. The van der Waals surface area contributed by atoms with Crippen molar-refractivity contribution in [1.29, 1.82) is 0 Å². The molecule has 2 atom stereocenters. The summed E-state index contributed by atoms with van der Waals surface area (Å²) >= 11 is 0. The lowest BCUT2D eigenvalue weighted by Crippen LogP contribution is -2.18. The van der Waals surface area contributed by atoms with E-state index in [1.807, 2.05) is 6.92 Å². The van der Waals surface area contributed by atoms with Gasteiger partial charge in [0.15, 0.2) is 6.29 Å². The number of rotatable bonds is 5. The third kappa shape index (κ3) is 4.77. The molecule has 0 amide bonds. The molecule has 0 aromatic heterocycles. The maximum atomic E-state index is 5.42. The van der Waals surface area contributed by atoms with E-state index in [-0.39, 0.29) is 6.29 Å². The molecule has 0 radical (unpaired) electrons. The Balaban J connectivity index is 3.27. The summed E-state index contributed by atoms with van der Waals surface area (Å²) in [6.45, 7) is 6.13. The molecule has 0 aliphatic carbocycles. The molecule has 2 nitrogen and oxygen atoms in total. The van der Waals surface area contributed by atoms with E-state index in [0.29, 0.717) is 6.10 Å². The minimum atomic E-state index is -0.0680. The Hall–Kier alpha value is -0.0800. The van der Waals surface area contributed by atoms with Crippen LogP contribution in [0.25, 0.3) is 0 Å². The molecule has 0 aromatic carbocycles. The van der Waals surface area contributed by atoms with Crippen LogP contribution in [0.4, 0.5) is 0 Å². The largest absolute Gasteiger partial charge is 0.356 e. The lowest BCUT2D eigenvalue weighted by molar-refractivity contribution is -0.140. The fraction of sp³-hybridized carbons (Fsp3) is 1.00. The molecule has 0 spiro atoms. The van der Waals surface area contributed by atoms with Crippen LogP contribution < -0.4 is 0 Å². The van der Waals surface area contributed by atoms with E-state index in [1.54, 1.807) is 7.11 Å². The Labute approximate surface area is 63.5 Å². The van der Waals surface area contributed by atoms with E-state index in [2.05, 4.69) is 13.8 Å². The molecular weight excluding hydrogens is 128 g/mol. The van der Waals surface area contributed by atoms with Gasteiger partial charge in [-0.15, -0.1) is 0 Å². The fourth-order valence-electron chi connectivity index (χ4n) is 0.857. The third-order valence-electron chi connectivity index (χ3n) is 1.45. The van der Waals surface area contributed by atoms with Crippen LogP contribution in [0.3, 0.4) is 0 Å². The number of hydrogen-bond acceptors (Lipinski definition) is 2.